The standard InChI is InChI=1S/C22H29FN2O3/c1-22(26,15-24(2)3)18-5-8-21-17(11-18)14-25(9-10-28-21)13-16-12-19(27-4)6-7-20(16)23/h5-8,11-12,26H,9-10,13-15H2,1-4H3. The Bertz CT molecular complexity index is 823. The van der Waals surface area contributed by atoms with Crippen molar-refractivity contribution in [3.05, 3.63) is 58.9 Å². The van der Waals surface area contributed by atoms with E-state index >= 15 is 0 Å². The minimum Gasteiger partial charge on any atom is -0.497 e. The highest BCUT2D eigenvalue weighted by atomic mass is 19.1. The van der Waals surface area contributed by atoms with Crippen molar-refractivity contribution in [2.45, 2.75) is 25.6 Å². The van der Waals surface area contributed by atoms with Gasteiger partial charge in [-0.3, -0.25) is 4.90 Å². The lowest BCUT2D eigenvalue weighted by atomic mass is 9.93. The predicted molar refractivity (Wildman–Crippen MR) is 107 cm³/mol. The summed E-state index contributed by atoms with van der Waals surface area (Å²) in [4.78, 5) is 4.11. The van der Waals surface area contributed by atoms with Gasteiger partial charge in [0, 0.05) is 37.3 Å². The highest BCUT2D eigenvalue weighted by molar-refractivity contribution is 5.40. The first-order chi connectivity index (χ1) is 13.3. The highest BCUT2D eigenvalue weighted by Crippen LogP contribution is 2.30. The average molecular weight is 388 g/mol. The van der Waals surface area contributed by atoms with E-state index in [1.165, 1.54) is 6.07 Å². The zero-order chi connectivity index (χ0) is 20.3. The molecule has 1 aliphatic heterocycles. The van der Waals surface area contributed by atoms with Crippen LogP contribution in [0.25, 0.3) is 0 Å². The number of hydrogen-bond donors (Lipinski definition) is 1. The van der Waals surface area contributed by atoms with Crippen molar-refractivity contribution < 1.29 is 19.0 Å². The van der Waals surface area contributed by atoms with Gasteiger partial charge in [0.05, 0.1) is 12.7 Å². The number of halogens is 1. The zero-order valence-corrected chi connectivity index (χ0v) is 17.0. The van der Waals surface area contributed by atoms with Crippen molar-refractivity contribution in [2.75, 3.05) is 40.9 Å². The molecule has 28 heavy (non-hydrogen) atoms. The van der Waals surface area contributed by atoms with E-state index < -0.39 is 5.60 Å². The second kappa shape index (κ2) is 8.47. The third-order valence-electron chi connectivity index (χ3n) is 5.01. The van der Waals surface area contributed by atoms with Crippen LogP contribution in [-0.4, -0.2) is 55.8 Å². The highest BCUT2D eigenvalue weighted by Gasteiger charge is 2.26. The van der Waals surface area contributed by atoms with Crippen LogP contribution in [0.5, 0.6) is 11.5 Å². The van der Waals surface area contributed by atoms with Crippen molar-refractivity contribution in [1.82, 2.24) is 9.80 Å². The molecule has 1 heterocycles. The minimum absolute atomic E-state index is 0.242. The van der Waals surface area contributed by atoms with Gasteiger partial charge in [0.25, 0.3) is 0 Å². The maximum absolute atomic E-state index is 14.2. The van der Waals surface area contributed by atoms with E-state index in [2.05, 4.69) is 4.90 Å². The molecule has 0 amide bonds. The average Bonchev–Trinajstić information content (AvgIpc) is 2.83. The van der Waals surface area contributed by atoms with Gasteiger partial charge in [-0.15, -0.1) is 0 Å². The quantitative estimate of drug-likeness (QED) is 0.824. The van der Waals surface area contributed by atoms with Crippen LogP contribution in [0.1, 0.15) is 23.6 Å². The third kappa shape index (κ3) is 4.82. The zero-order valence-electron chi connectivity index (χ0n) is 17.0. The Balaban J connectivity index is 1.83. The minimum atomic E-state index is -0.964. The summed E-state index contributed by atoms with van der Waals surface area (Å²) in [6.45, 7) is 4.64. The van der Waals surface area contributed by atoms with Crippen LogP contribution < -0.4 is 9.47 Å². The van der Waals surface area contributed by atoms with E-state index in [0.717, 1.165) is 16.9 Å². The summed E-state index contributed by atoms with van der Waals surface area (Å²) in [5.41, 5.74) is 1.48. The SMILES string of the molecule is COc1ccc(F)c(CN2CCOc3ccc(C(C)(O)CN(C)C)cc3C2)c1. The molecule has 1 atom stereocenters. The maximum Gasteiger partial charge on any atom is 0.127 e. The molecule has 5 nitrogen and oxygen atoms in total. The summed E-state index contributed by atoms with van der Waals surface area (Å²) in [6, 6.07) is 10.6. The first-order valence-electron chi connectivity index (χ1n) is 9.46. The first-order valence-corrected chi connectivity index (χ1v) is 9.46. The molecule has 2 aromatic rings. The van der Waals surface area contributed by atoms with Crippen molar-refractivity contribution in [1.29, 1.82) is 0 Å². The van der Waals surface area contributed by atoms with E-state index in [9.17, 15) is 9.50 Å². The molecule has 1 N–H and O–H groups in total. The molecule has 0 aliphatic carbocycles. The molecule has 0 saturated carbocycles. The van der Waals surface area contributed by atoms with Crippen LogP contribution in [0.2, 0.25) is 0 Å². The molecular formula is C22H29FN2O3. The lowest BCUT2D eigenvalue weighted by molar-refractivity contribution is 0.0299. The number of nitrogens with zero attached hydrogens (tertiary/aromatic N) is 2. The van der Waals surface area contributed by atoms with Crippen molar-refractivity contribution in [3.8, 4) is 11.5 Å². The Hall–Kier alpha value is -2.15. The second-order valence-corrected chi connectivity index (χ2v) is 7.85. The van der Waals surface area contributed by atoms with Crippen LogP contribution in [-0.2, 0) is 18.7 Å². The Morgan fingerprint density at radius 2 is 2.04 bits per heavy atom. The van der Waals surface area contributed by atoms with Gasteiger partial charge in [-0.1, -0.05) is 6.07 Å². The van der Waals surface area contributed by atoms with Crippen LogP contribution >= 0.6 is 0 Å². The summed E-state index contributed by atoms with van der Waals surface area (Å²) in [5.74, 6) is 1.22. The number of ether oxygens (including phenoxy) is 2. The van der Waals surface area contributed by atoms with Crippen LogP contribution in [0.15, 0.2) is 36.4 Å². The third-order valence-corrected chi connectivity index (χ3v) is 5.01. The van der Waals surface area contributed by atoms with E-state index in [-0.39, 0.29) is 5.82 Å². The van der Waals surface area contributed by atoms with Gasteiger partial charge in [0.1, 0.15) is 23.9 Å². The molecular weight excluding hydrogens is 359 g/mol. The normalized spacial score (nSPS) is 16.8. The molecule has 2 aromatic carbocycles. The molecule has 0 aromatic heterocycles. The molecule has 0 spiro atoms. The molecule has 0 fully saturated rings. The molecule has 3 rings (SSSR count). The maximum atomic E-state index is 14.2. The van der Waals surface area contributed by atoms with E-state index in [1.54, 1.807) is 19.2 Å². The number of aliphatic hydroxyl groups is 1. The molecule has 6 heteroatoms. The molecule has 1 unspecified atom stereocenters. The van der Waals surface area contributed by atoms with Crippen LogP contribution in [0, 0.1) is 5.82 Å². The Labute approximate surface area is 166 Å². The fourth-order valence-electron chi connectivity index (χ4n) is 3.67. The lowest BCUT2D eigenvalue weighted by Gasteiger charge is -2.28. The van der Waals surface area contributed by atoms with Gasteiger partial charge in [-0.05, 0) is 56.9 Å². The van der Waals surface area contributed by atoms with Gasteiger partial charge in [0.2, 0.25) is 0 Å². The topological polar surface area (TPSA) is 45.2 Å². The number of fused-ring (bicyclic) bond motifs is 1. The Morgan fingerprint density at radius 3 is 2.75 bits per heavy atom. The van der Waals surface area contributed by atoms with Gasteiger partial charge in [-0.2, -0.15) is 0 Å². The summed E-state index contributed by atoms with van der Waals surface area (Å²) in [6.07, 6.45) is 0. The number of hydrogen-bond acceptors (Lipinski definition) is 5. The van der Waals surface area contributed by atoms with Gasteiger partial charge >= 0.3 is 0 Å². The number of likely N-dealkylation sites (N-methyl/N-ethyl adjacent to an activating group) is 1. The number of benzene rings is 2. The number of rotatable bonds is 6. The smallest absolute Gasteiger partial charge is 0.127 e. The Morgan fingerprint density at radius 1 is 1.25 bits per heavy atom. The lowest BCUT2D eigenvalue weighted by Crippen LogP contribution is -2.34. The van der Waals surface area contributed by atoms with Gasteiger partial charge in [0.15, 0.2) is 0 Å². The summed E-state index contributed by atoms with van der Waals surface area (Å²) in [7, 11) is 5.45. The van der Waals surface area contributed by atoms with Crippen molar-refractivity contribution in [3.63, 3.8) is 0 Å². The molecule has 1 aliphatic rings. The largest absolute Gasteiger partial charge is 0.497 e. The Kier molecular flexibility index (Phi) is 6.23. The molecule has 152 valence electrons. The number of methoxy groups -OCH3 is 1. The fourth-order valence-corrected chi connectivity index (χ4v) is 3.67. The second-order valence-electron chi connectivity index (χ2n) is 7.85. The van der Waals surface area contributed by atoms with Crippen molar-refractivity contribution >= 4 is 0 Å². The van der Waals surface area contributed by atoms with Crippen LogP contribution in [0.4, 0.5) is 4.39 Å². The van der Waals surface area contributed by atoms with Crippen LogP contribution in [0.3, 0.4) is 0 Å². The summed E-state index contributed by atoms with van der Waals surface area (Å²) in [5, 5.41) is 10.9. The van der Waals surface area contributed by atoms with E-state index in [0.29, 0.717) is 44.1 Å². The molecule has 0 radical (unpaired) electrons. The first kappa shape index (κ1) is 20.6. The fraction of sp³-hybridized carbons (Fsp3) is 0.455. The van der Waals surface area contributed by atoms with Crippen molar-refractivity contribution in [2.24, 2.45) is 0 Å². The molecule has 0 bridgehead atoms. The molecule has 0 saturated heterocycles. The predicted octanol–water partition coefficient (Wildman–Crippen LogP) is 3.00. The summed E-state index contributed by atoms with van der Waals surface area (Å²) < 4.78 is 25.4. The van der Waals surface area contributed by atoms with Gasteiger partial charge in [-0.25, -0.2) is 4.39 Å². The van der Waals surface area contributed by atoms with E-state index in [4.69, 9.17) is 9.47 Å². The van der Waals surface area contributed by atoms with Gasteiger partial charge < -0.3 is 19.5 Å². The monoisotopic (exact) mass is 388 g/mol. The summed E-state index contributed by atoms with van der Waals surface area (Å²) >= 11 is 0. The van der Waals surface area contributed by atoms with E-state index in [1.807, 2.05) is 44.1 Å².